The molecule has 0 aliphatic heterocycles. The molecule has 0 heterocycles. The smallest absolute Gasteiger partial charge is 0.245 e. The normalized spacial score (nSPS) is 16.2. The first-order valence-electron chi connectivity index (χ1n) is 5.54. The molecule has 0 spiro atoms. The number of hydrogen-bond donors (Lipinski definition) is 1. The minimum Gasteiger partial charge on any atom is -0.394 e. The van der Waals surface area contributed by atoms with Gasteiger partial charge in [-0.1, -0.05) is 0 Å². The van der Waals surface area contributed by atoms with Crippen molar-refractivity contribution < 1.29 is 17.2 Å². The molecule has 7 heteroatoms. The number of halogens is 2. The number of benzene rings is 1. The minimum atomic E-state index is -3.95. The lowest BCUT2D eigenvalue weighted by Crippen LogP contribution is -2.29. The standard InChI is InChI=1S/C11H14F2N2O2S/c1-15(6-7-2-3-7)18(16,17)9-5-4-8(12)11(14)10(9)13/h4-5,7H,2-3,6,14H2,1H3. The fourth-order valence-electron chi connectivity index (χ4n) is 1.68. The summed E-state index contributed by atoms with van der Waals surface area (Å²) in [7, 11) is -2.57. The third-order valence-corrected chi connectivity index (χ3v) is 4.83. The molecule has 0 amide bonds. The van der Waals surface area contributed by atoms with E-state index >= 15 is 0 Å². The van der Waals surface area contributed by atoms with Gasteiger partial charge in [-0.2, -0.15) is 0 Å². The molecule has 1 fully saturated rings. The van der Waals surface area contributed by atoms with Crippen molar-refractivity contribution in [2.75, 3.05) is 19.3 Å². The Hall–Kier alpha value is -1.21. The Bertz CT molecular complexity index is 571. The van der Waals surface area contributed by atoms with Crippen LogP contribution in [0.15, 0.2) is 17.0 Å². The summed E-state index contributed by atoms with van der Waals surface area (Å²) in [6.07, 6.45) is 1.96. The SMILES string of the molecule is CN(CC1CC1)S(=O)(=O)c1ccc(F)c(N)c1F. The second kappa shape index (κ2) is 4.47. The first-order chi connectivity index (χ1) is 8.34. The zero-order valence-electron chi connectivity index (χ0n) is 9.86. The lowest BCUT2D eigenvalue weighted by molar-refractivity contribution is 0.447. The zero-order valence-corrected chi connectivity index (χ0v) is 10.7. The second-order valence-corrected chi connectivity index (χ2v) is 6.52. The summed E-state index contributed by atoms with van der Waals surface area (Å²) < 4.78 is 52.0. The van der Waals surface area contributed by atoms with Gasteiger partial charge in [0.25, 0.3) is 0 Å². The van der Waals surface area contributed by atoms with Crippen LogP contribution in [0.25, 0.3) is 0 Å². The van der Waals surface area contributed by atoms with E-state index in [0.29, 0.717) is 12.5 Å². The quantitative estimate of drug-likeness (QED) is 0.849. The van der Waals surface area contributed by atoms with Crippen molar-refractivity contribution in [1.29, 1.82) is 0 Å². The van der Waals surface area contributed by atoms with Crippen LogP contribution in [0.2, 0.25) is 0 Å². The largest absolute Gasteiger partial charge is 0.394 e. The number of rotatable bonds is 4. The number of hydrogen-bond acceptors (Lipinski definition) is 3. The van der Waals surface area contributed by atoms with E-state index in [1.54, 1.807) is 0 Å². The van der Waals surface area contributed by atoms with Gasteiger partial charge < -0.3 is 5.73 Å². The lowest BCUT2D eigenvalue weighted by Gasteiger charge is -2.17. The van der Waals surface area contributed by atoms with Crippen molar-refractivity contribution in [2.24, 2.45) is 5.92 Å². The van der Waals surface area contributed by atoms with Crippen LogP contribution >= 0.6 is 0 Å². The van der Waals surface area contributed by atoms with E-state index in [1.165, 1.54) is 7.05 Å². The Balaban J connectivity index is 2.37. The van der Waals surface area contributed by atoms with Gasteiger partial charge in [0.15, 0.2) is 5.82 Å². The molecule has 1 aliphatic carbocycles. The lowest BCUT2D eigenvalue weighted by atomic mass is 10.3. The first kappa shape index (κ1) is 13.2. The fraction of sp³-hybridized carbons (Fsp3) is 0.455. The van der Waals surface area contributed by atoms with E-state index in [-0.39, 0.29) is 0 Å². The molecule has 0 bridgehead atoms. The van der Waals surface area contributed by atoms with Crippen LogP contribution in [-0.4, -0.2) is 26.3 Å². The van der Waals surface area contributed by atoms with E-state index in [4.69, 9.17) is 5.73 Å². The summed E-state index contributed by atoms with van der Waals surface area (Å²) in [5.74, 6) is -1.85. The van der Waals surface area contributed by atoms with Crippen molar-refractivity contribution >= 4 is 15.7 Å². The summed E-state index contributed by atoms with van der Waals surface area (Å²) in [5, 5.41) is 0. The fourth-order valence-corrected chi connectivity index (χ4v) is 3.00. The average Bonchev–Trinajstić information content (AvgIpc) is 3.09. The van der Waals surface area contributed by atoms with Crippen LogP contribution in [0, 0.1) is 17.6 Å². The Labute approximate surface area is 104 Å². The molecule has 0 atom stereocenters. The number of nitrogens with two attached hydrogens (primary N) is 1. The highest BCUT2D eigenvalue weighted by molar-refractivity contribution is 7.89. The molecule has 18 heavy (non-hydrogen) atoms. The maximum Gasteiger partial charge on any atom is 0.245 e. The van der Waals surface area contributed by atoms with Gasteiger partial charge in [-0.05, 0) is 30.9 Å². The molecule has 2 rings (SSSR count). The minimum absolute atomic E-state index is 0.339. The predicted octanol–water partition coefficient (Wildman–Crippen LogP) is 1.58. The van der Waals surface area contributed by atoms with Crippen LogP contribution < -0.4 is 5.73 Å². The molecule has 1 saturated carbocycles. The number of nitrogens with zero attached hydrogens (tertiary/aromatic N) is 1. The van der Waals surface area contributed by atoms with Crippen LogP contribution in [-0.2, 0) is 10.0 Å². The van der Waals surface area contributed by atoms with Gasteiger partial charge >= 0.3 is 0 Å². The molecule has 0 unspecified atom stereocenters. The summed E-state index contributed by atoms with van der Waals surface area (Å²) in [5.41, 5.74) is 4.39. The third kappa shape index (κ3) is 2.32. The molecule has 4 nitrogen and oxygen atoms in total. The van der Waals surface area contributed by atoms with E-state index in [2.05, 4.69) is 0 Å². The van der Waals surface area contributed by atoms with Crippen molar-refractivity contribution in [2.45, 2.75) is 17.7 Å². The van der Waals surface area contributed by atoms with Crippen molar-refractivity contribution in [3.63, 3.8) is 0 Å². The highest BCUT2D eigenvalue weighted by Gasteiger charge is 2.31. The second-order valence-electron chi connectivity index (χ2n) is 4.50. The monoisotopic (exact) mass is 276 g/mol. The molecule has 1 aromatic rings. The van der Waals surface area contributed by atoms with Gasteiger partial charge in [-0.3, -0.25) is 0 Å². The zero-order chi connectivity index (χ0) is 13.5. The molecular weight excluding hydrogens is 262 g/mol. The molecule has 0 aromatic heterocycles. The van der Waals surface area contributed by atoms with Gasteiger partial charge in [0.2, 0.25) is 10.0 Å². The van der Waals surface area contributed by atoms with E-state index in [1.807, 2.05) is 0 Å². The maximum absolute atomic E-state index is 13.7. The number of sulfonamides is 1. The molecule has 0 radical (unpaired) electrons. The number of nitrogen functional groups attached to an aromatic ring is 1. The van der Waals surface area contributed by atoms with E-state index in [9.17, 15) is 17.2 Å². The van der Waals surface area contributed by atoms with Gasteiger partial charge in [0.1, 0.15) is 16.4 Å². The van der Waals surface area contributed by atoms with E-state index in [0.717, 1.165) is 29.3 Å². The summed E-state index contributed by atoms with van der Waals surface area (Å²) in [6.45, 7) is 0.346. The summed E-state index contributed by atoms with van der Waals surface area (Å²) in [4.78, 5) is -0.579. The number of anilines is 1. The summed E-state index contributed by atoms with van der Waals surface area (Å²) >= 11 is 0. The molecule has 100 valence electrons. The first-order valence-corrected chi connectivity index (χ1v) is 6.98. The van der Waals surface area contributed by atoms with Gasteiger partial charge in [-0.15, -0.1) is 0 Å². The van der Waals surface area contributed by atoms with E-state index < -0.39 is 32.2 Å². The van der Waals surface area contributed by atoms with Crippen LogP contribution in [0.3, 0.4) is 0 Å². The highest BCUT2D eigenvalue weighted by Crippen LogP contribution is 2.32. The van der Waals surface area contributed by atoms with Crippen molar-refractivity contribution in [3.8, 4) is 0 Å². The Morgan fingerprint density at radius 3 is 2.56 bits per heavy atom. The van der Waals surface area contributed by atoms with Crippen LogP contribution in [0.4, 0.5) is 14.5 Å². The predicted molar refractivity (Wildman–Crippen MR) is 63.3 cm³/mol. The van der Waals surface area contributed by atoms with Crippen LogP contribution in [0.1, 0.15) is 12.8 Å². The Morgan fingerprint density at radius 2 is 2.00 bits per heavy atom. The average molecular weight is 276 g/mol. The topological polar surface area (TPSA) is 63.4 Å². The molecular formula is C11H14F2N2O2S. The third-order valence-electron chi connectivity index (χ3n) is 2.99. The maximum atomic E-state index is 13.7. The molecule has 1 aliphatic rings. The van der Waals surface area contributed by atoms with Crippen molar-refractivity contribution in [1.82, 2.24) is 4.31 Å². The molecule has 1 aromatic carbocycles. The molecule has 0 saturated heterocycles. The molecule has 2 N–H and O–H groups in total. The summed E-state index contributed by atoms with van der Waals surface area (Å²) in [6, 6.07) is 1.76. The van der Waals surface area contributed by atoms with Crippen molar-refractivity contribution in [3.05, 3.63) is 23.8 Å². The highest BCUT2D eigenvalue weighted by atomic mass is 32.2. The Kier molecular flexibility index (Phi) is 3.29. The Morgan fingerprint density at radius 1 is 1.39 bits per heavy atom. The van der Waals surface area contributed by atoms with Gasteiger partial charge in [0, 0.05) is 13.6 Å². The van der Waals surface area contributed by atoms with Gasteiger partial charge in [0.05, 0.1) is 0 Å². The van der Waals surface area contributed by atoms with Crippen LogP contribution in [0.5, 0.6) is 0 Å². The van der Waals surface area contributed by atoms with Gasteiger partial charge in [-0.25, -0.2) is 21.5 Å².